The van der Waals surface area contributed by atoms with Gasteiger partial charge in [-0.3, -0.25) is 0 Å². The Morgan fingerprint density at radius 3 is 2.88 bits per heavy atom. The van der Waals surface area contributed by atoms with Gasteiger partial charge in [0.05, 0.1) is 5.02 Å². The molecule has 1 aromatic rings. The smallest absolute Gasteiger partial charge is 0.144 e. The molecule has 0 saturated heterocycles. The molecule has 1 aromatic carbocycles. The molecule has 0 spiro atoms. The molecule has 3 heteroatoms. The largest absolute Gasteiger partial charge is 0.314 e. The van der Waals surface area contributed by atoms with Crippen LogP contribution in [-0.2, 0) is 6.42 Å². The van der Waals surface area contributed by atoms with Gasteiger partial charge in [-0.1, -0.05) is 37.1 Å². The van der Waals surface area contributed by atoms with Crippen molar-refractivity contribution in [3.63, 3.8) is 0 Å². The van der Waals surface area contributed by atoms with E-state index in [1.165, 1.54) is 19.3 Å². The van der Waals surface area contributed by atoms with E-state index in [-0.39, 0.29) is 10.8 Å². The highest BCUT2D eigenvalue weighted by atomic mass is 35.5. The Bertz CT molecular complexity index is 376. The monoisotopic (exact) mass is 255 g/mol. The zero-order chi connectivity index (χ0) is 12.3. The highest BCUT2D eigenvalue weighted by Gasteiger charge is 2.17. The Labute approximate surface area is 107 Å². The Balaban J connectivity index is 1.84. The normalized spacial score (nSPS) is 17.8. The van der Waals surface area contributed by atoms with E-state index in [1.54, 1.807) is 6.07 Å². The first-order chi connectivity index (χ1) is 8.16. The first-order valence-electron chi connectivity index (χ1n) is 6.33. The lowest BCUT2D eigenvalue weighted by molar-refractivity contribution is 0.320. The highest BCUT2D eigenvalue weighted by molar-refractivity contribution is 6.30. The van der Waals surface area contributed by atoms with Crippen molar-refractivity contribution in [1.29, 1.82) is 0 Å². The molecule has 1 aliphatic rings. The van der Waals surface area contributed by atoms with E-state index in [9.17, 15) is 4.39 Å². The molecule has 1 unspecified atom stereocenters. The van der Waals surface area contributed by atoms with Gasteiger partial charge in [-0.25, -0.2) is 4.39 Å². The lowest BCUT2D eigenvalue weighted by atomic mass is 9.92. The van der Waals surface area contributed by atoms with Crippen LogP contribution in [0.25, 0.3) is 0 Å². The zero-order valence-electron chi connectivity index (χ0n) is 10.2. The number of hydrogen-bond acceptors (Lipinski definition) is 1. The van der Waals surface area contributed by atoms with Gasteiger partial charge in [0.15, 0.2) is 0 Å². The summed E-state index contributed by atoms with van der Waals surface area (Å²) in [4.78, 5) is 0. The second kappa shape index (κ2) is 5.83. The quantitative estimate of drug-likeness (QED) is 0.844. The maximum absolute atomic E-state index is 13.7. The third-order valence-corrected chi connectivity index (χ3v) is 3.75. The van der Waals surface area contributed by atoms with Crippen LogP contribution in [0.1, 0.15) is 31.7 Å². The minimum atomic E-state index is -0.260. The fourth-order valence-electron chi connectivity index (χ4n) is 2.13. The molecule has 0 aliphatic heterocycles. The van der Waals surface area contributed by atoms with Crippen LogP contribution in [-0.4, -0.2) is 12.6 Å². The van der Waals surface area contributed by atoms with Crippen molar-refractivity contribution in [2.45, 2.75) is 38.6 Å². The molecular weight excluding hydrogens is 237 g/mol. The summed E-state index contributed by atoms with van der Waals surface area (Å²) < 4.78 is 13.7. The van der Waals surface area contributed by atoms with Crippen molar-refractivity contribution in [3.05, 3.63) is 34.6 Å². The van der Waals surface area contributed by atoms with E-state index in [4.69, 9.17) is 11.6 Å². The van der Waals surface area contributed by atoms with E-state index >= 15 is 0 Å². The summed E-state index contributed by atoms with van der Waals surface area (Å²) in [6.07, 6.45) is 4.66. The standard InChI is InChI=1S/C14H19ClFN/c1-10(9-17-12-5-3-6-12)8-11-4-2-7-13(15)14(11)16/h2,4,7,10,12,17H,3,5-6,8-9H2,1H3. The molecular formula is C14H19ClFN. The number of hydrogen-bond donors (Lipinski definition) is 1. The third kappa shape index (κ3) is 3.43. The van der Waals surface area contributed by atoms with Gasteiger partial charge in [0, 0.05) is 6.04 Å². The minimum Gasteiger partial charge on any atom is -0.314 e. The van der Waals surface area contributed by atoms with Crippen molar-refractivity contribution in [3.8, 4) is 0 Å². The fourth-order valence-corrected chi connectivity index (χ4v) is 2.33. The maximum Gasteiger partial charge on any atom is 0.144 e. The van der Waals surface area contributed by atoms with Crippen molar-refractivity contribution < 1.29 is 4.39 Å². The predicted molar refractivity (Wildman–Crippen MR) is 69.9 cm³/mol. The van der Waals surface area contributed by atoms with Gasteiger partial charge in [-0.05, 0) is 43.4 Å². The number of benzene rings is 1. The van der Waals surface area contributed by atoms with E-state index < -0.39 is 0 Å². The van der Waals surface area contributed by atoms with E-state index in [2.05, 4.69) is 12.2 Å². The van der Waals surface area contributed by atoms with Crippen LogP contribution in [0.15, 0.2) is 18.2 Å². The summed E-state index contributed by atoms with van der Waals surface area (Å²) in [5, 5.41) is 3.74. The van der Waals surface area contributed by atoms with Crippen LogP contribution in [0.3, 0.4) is 0 Å². The number of nitrogens with one attached hydrogen (secondary N) is 1. The number of rotatable bonds is 5. The molecule has 0 heterocycles. The molecule has 94 valence electrons. The van der Waals surface area contributed by atoms with Crippen LogP contribution in [0.2, 0.25) is 5.02 Å². The lowest BCUT2D eigenvalue weighted by Gasteiger charge is -2.28. The first kappa shape index (κ1) is 12.8. The topological polar surface area (TPSA) is 12.0 Å². The van der Waals surface area contributed by atoms with Crippen molar-refractivity contribution in [2.24, 2.45) is 5.92 Å². The SMILES string of the molecule is CC(CNC1CCC1)Cc1cccc(Cl)c1F. The Morgan fingerprint density at radius 2 is 2.24 bits per heavy atom. The molecule has 1 aliphatic carbocycles. The molecule has 1 saturated carbocycles. The van der Waals surface area contributed by atoms with Gasteiger partial charge in [-0.15, -0.1) is 0 Å². The summed E-state index contributed by atoms with van der Waals surface area (Å²) in [7, 11) is 0. The number of halogens is 2. The third-order valence-electron chi connectivity index (χ3n) is 3.46. The Kier molecular flexibility index (Phi) is 4.41. The Morgan fingerprint density at radius 1 is 1.47 bits per heavy atom. The molecule has 0 aromatic heterocycles. The summed E-state index contributed by atoms with van der Waals surface area (Å²) >= 11 is 5.77. The average molecular weight is 256 g/mol. The molecule has 17 heavy (non-hydrogen) atoms. The molecule has 1 atom stereocenters. The van der Waals surface area contributed by atoms with Crippen molar-refractivity contribution >= 4 is 11.6 Å². The van der Waals surface area contributed by atoms with E-state index in [0.717, 1.165) is 18.5 Å². The molecule has 0 bridgehead atoms. The molecule has 0 radical (unpaired) electrons. The van der Waals surface area contributed by atoms with Gasteiger partial charge >= 0.3 is 0 Å². The van der Waals surface area contributed by atoms with Crippen LogP contribution < -0.4 is 5.32 Å². The van der Waals surface area contributed by atoms with Crippen molar-refractivity contribution in [2.75, 3.05) is 6.54 Å². The first-order valence-corrected chi connectivity index (χ1v) is 6.71. The molecule has 1 fully saturated rings. The van der Waals surface area contributed by atoms with Gasteiger partial charge in [0.25, 0.3) is 0 Å². The Hall–Kier alpha value is -0.600. The summed E-state index contributed by atoms with van der Waals surface area (Å²) in [6, 6.07) is 5.92. The average Bonchev–Trinajstić information content (AvgIpc) is 2.23. The van der Waals surface area contributed by atoms with Gasteiger partial charge in [0.1, 0.15) is 5.82 Å². The fraction of sp³-hybridized carbons (Fsp3) is 0.571. The summed E-state index contributed by atoms with van der Waals surface area (Å²) in [5.74, 6) is 0.174. The van der Waals surface area contributed by atoms with Crippen LogP contribution in [0.4, 0.5) is 4.39 Å². The predicted octanol–water partition coefficient (Wildman–Crippen LogP) is 3.80. The van der Waals surface area contributed by atoms with Crippen molar-refractivity contribution in [1.82, 2.24) is 5.32 Å². The van der Waals surface area contributed by atoms with Gasteiger partial charge < -0.3 is 5.32 Å². The van der Waals surface area contributed by atoms with Crippen LogP contribution >= 0.6 is 11.6 Å². The molecule has 0 amide bonds. The summed E-state index contributed by atoms with van der Waals surface area (Å²) in [6.45, 7) is 3.10. The van der Waals surface area contributed by atoms with Gasteiger partial charge in [-0.2, -0.15) is 0 Å². The minimum absolute atomic E-state index is 0.224. The van der Waals surface area contributed by atoms with E-state index in [0.29, 0.717) is 12.0 Å². The second-order valence-electron chi connectivity index (χ2n) is 5.06. The van der Waals surface area contributed by atoms with Crippen LogP contribution in [0.5, 0.6) is 0 Å². The molecule has 2 rings (SSSR count). The van der Waals surface area contributed by atoms with E-state index in [1.807, 2.05) is 12.1 Å². The molecule has 1 N–H and O–H groups in total. The summed E-state index contributed by atoms with van der Waals surface area (Å²) in [5.41, 5.74) is 0.723. The zero-order valence-corrected chi connectivity index (χ0v) is 10.9. The lowest BCUT2D eigenvalue weighted by Crippen LogP contribution is -2.38. The highest BCUT2D eigenvalue weighted by Crippen LogP contribution is 2.21. The van der Waals surface area contributed by atoms with Gasteiger partial charge in [0.2, 0.25) is 0 Å². The second-order valence-corrected chi connectivity index (χ2v) is 5.47. The maximum atomic E-state index is 13.7. The molecule has 1 nitrogen and oxygen atoms in total. The van der Waals surface area contributed by atoms with Crippen LogP contribution in [0, 0.1) is 11.7 Å².